The van der Waals surface area contributed by atoms with E-state index >= 15 is 0 Å². The predicted octanol–water partition coefficient (Wildman–Crippen LogP) is 2.34. The maximum absolute atomic E-state index is 10.6. The molecule has 0 radical (unpaired) electrons. The molecule has 0 aliphatic carbocycles. The molecule has 1 aromatic rings. The molecule has 1 aromatic carbocycles. The Morgan fingerprint density at radius 2 is 2.20 bits per heavy atom. The fourth-order valence-electron chi connectivity index (χ4n) is 1.75. The molecule has 4 heteroatoms. The zero-order valence-electron chi connectivity index (χ0n) is 8.34. The first kappa shape index (κ1) is 9.71. The van der Waals surface area contributed by atoms with E-state index in [1.807, 2.05) is 31.2 Å². The Balaban J connectivity index is 2.38. The molecule has 0 aromatic heterocycles. The van der Waals surface area contributed by atoms with Crippen molar-refractivity contribution in [3.8, 4) is 5.75 Å². The van der Waals surface area contributed by atoms with Gasteiger partial charge in [-0.2, -0.15) is 0 Å². The summed E-state index contributed by atoms with van der Waals surface area (Å²) in [6.07, 6.45) is 1.59. The molecule has 0 saturated heterocycles. The number of nitro groups is 1. The van der Waals surface area contributed by atoms with Crippen molar-refractivity contribution in [3.05, 3.63) is 51.8 Å². The van der Waals surface area contributed by atoms with Crippen molar-refractivity contribution in [2.75, 3.05) is 6.54 Å². The summed E-state index contributed by atoms with van der Waals surface area (Å²) in [5.74, 6) is 0.555. The third kappa shape index (κ3) is 1.83. The van der Waals surface area contributed by atoms with Gasteiger partial charge in [0.15, 0.2) is 0 Å². The van der Waals surface area contributed by atoms with Crippen molar-refractivity contribution in [1.82, 2.24) is 0 Å². The summed E-state index contributed by atoms with van der Waals surface area (Å²) in [5, 5.41) is 10.6. The molecule has 0 bridgehead atoms. The minimum atomic E-state index is -0.288. The number of hydrogen-bond donors (Lipinski definition) is 0. The van der Waals surface area contributed by atoms with Crippen molar-refractivity contribution in [1.29, 1.82) is 0 Å². The van der Waals surface area contributed by atoms with Crippen molar-refractivity contribution < 1.29 is 9.66 Å². The van der Waals surface area contributed by atoms with Crippen LogP contribution < -0.4 is 4.74 Å². The van der Waals surface area contributed by atoms with Gasteiger partial charge in [0.2, 0.25) is 6.54 Å². The van der Waals surface area contributed by atoms with Crippen LogP contribution in [0.5, 0.6) is 5.75 Å². The molecule has 0 unspecified atom stereocenters. The maximum atomic E-state index is 10.6. The Labute approximate surface area is 87.3 Å². The van der Waals surface area contributed by atoms with Crippen LogP contribution in [0.25, 0.3) is 0 Å². The van der Waals surface area contributed by atoms with Crippen molar-refractivity contribution in [2.24, 2.45) is 0 Å². The van der Waals surface area contributed by atoms with Crippen LogP contribution in [0.4, 0.5) is 0 Å². The van der Waals surface area contributed by atoms with Crippen LogP contribution in [0.2, 0.25) is 0 Å². The van der Waals surface area contributed by atoms with Crippen molar-refractivity contribution in [3.63, 3.8) is 0 Å². The molecule has 0 fully saturated rings. The second kappa shape index (κ2) is 3.73. The highest BCUT2D eigenvalue weighted by Gasteiger charge is 2.26. The van der Waals surface area contributed by atoms with Crippen molar-refractivity contribution >= 4 is 0 Å². The van der Waals surface area contributed by atoms with Gasteiger partial charge >= 0.3 is 0 Å². The van der Waals surface area contributed by atoms with Crippen LogP contribution >= 0.6 is 0 Å². The normalized spacial score (nSPS) is 18.7. The third-order valence-electron chi connectivity index (χ3n) is 2.55. The van der Waals surface area contributed by atoms with E-state index in [1.54, 1.807) is 6.26 Å². The number of ether oxygens (including phenoxy) is 1. The van der Waals surface area contributed by atoms with Gasteiger partial charge < -0.3 is 4.74 Å². The zero-order valence-corrected chi connectivity index (χ0v) is 8.34. The summed E-state index contributed by atoms with van der Waals surface area (Å²) < 4.78 is 5.36. The molecular weight excluding hydrogens is 194 g/mol. The van der Waals surface area contributed by atoms with Gasteiger partial charge in [0, 0.05) is 10.5 Å². The SMILES string of the molecule is CC1=COc2ccccc2[C@@H]1C[N+](=O)[O-]. The number of rotatable bonds is 2. The lowest BCUT2D eigenvalue weighted by Gasteiger charge is -2.21. The van der Waals surface area contributed by atoms with E-state index in [0.717, 1.165) is 16.9 Å². The molecule has 0 amide bonds. The molecule has 2 rings (SSSR count). The first-order valence-electron chi connectivity index (χ1n) is 4.72. The Morgan fingerprint density at radius 1 is 1.47 bits per heavy atom. The molecule has 4 nitrogen and oxygen atoms in total. The molecular formula is C11H11NO3. The summed E-state index contributed by atoms with van der Waals surface area (Å²) in [4.78, 5) is 10.3. The molecule has 1 aliphatic rings. The highest BCUT2D eigenvalue weighted by molar-refractivity contribution is 5.43. The minimum Gasteiger partial charge on any atom is -0.465 e. The number of nitrogens with zero attached hydrogens (tertiary/aromatic N) is 1. The molecule has 1 heterocycles. The van der Waals surface area contributed by atoms with Crippen LogP contribution in [-0.4, -0.2) is 11.5 Å². The largest absolute Gasteiger partial charge is 0.465 e. The molecule has 1 atom stereocenters. The molecule has 78 valence electrons. The van der Waals surface area contributed by atoms with Gasteiger partial charge in [-0.3, -0.25) is 10.1 Å². The summed E-state index contributed by atoms with van der Waals surface area (Å²) >= 11 is 0. The average Bonchev–Trinajstić information content (AvgIpc) is 2.22. The highest BCUT2D eigenvalue weighted by atomic mass is 16.6. The number of para-hydroxylation sites is 1. The topological polar surface area (TPSA) is 52.4 Å². The van der Waals surface area contributed by atoms with Crippen LogP contribution in [-0.2, 0) is 0 Å². The smallest absolute Gasteiger partial charge is 0.214 e. The Kier molecular flexibility index (Phi) is 2.41. The van der Waals surface area contributed by atoms with E-state index in [-0.39, 0.29) is 17.4 Å². The first-order chi connectivity index (χ1) is 7.18. The van der Waals surface area contributed by atoms with Gasteiger partial charge in [-0.15, -0.1) is 0 Å². The van der Waals surface area contributed by atoms with Gasteiger partial charge in [-0.05, 0) is 18.6 Å². The summed E-state index contributed by atoms with van der Waals surface area (Å²) in [6, 6.07) is 7.43. The first-order valence-corrected chi connectivity index (χ1v) is 4.72. The fraction of sp³-hybridized carbons (Fsp3) is 0.273. The average molecular weight is 205 g/mol. The van der Waals surface area contributed by atoms with Gasteiger partial charge in [0.1, 0.15) is 5.75 Å². The van der Waals surface area contributed by atoms with E-state index in [9.17, 15) is 10.1 Å². The molecule has 0 saturated carbocycles. The van der Waals surface area contributed by atoms with Gasteiger partial charge in [0.25, 0.3) is 0 Å². The zero-order chi connectivity index (χ0) is 10.8. The lowest BCUT2D eigenvalue weighted by molar-refractivity contribution is -0.482. The highest BCUT2D eigenvalue weighted by Crippen LogP contribution is 2.35. The predicted molar refractivity (Wildman–Crippen MR) is 55.4 cm³/mol. The van der Waals surface area contributed by atoms with E-state index in [1.165, 1.54) is 0 Å². The van der Waals surface area contributed by atoms with Gasteiger partial charge in [-0.1, -0.05) is 18.2 Å². The van der Waals surface area contributed by atoms with E-state index in [2.05, 4.69) is 0 Å². The van der Waals surface area contributed by atoms with E-state index < -0.39 is 0 Å². The minimum absolute atomic E-state index is 0.0806. The quantitative estimate of drug-likeness (QED) is 0.550. The van der Waals surface area contributed by atoms with Crippen molar-refractivity contribution in [2.45, 2.75) is 12.8 Å². The van der Waals surface area contributed by atoms with E-state index in [4.69, 9.17) is 4.74 Å². The number of fused-ring (bicyclic) bond motifs is 1. The Bertz CT molecular complexity index is 426. The monoisotopic (exact) mass is 205 g/mol. The maximum Gasteiger partial charge on any atom is 0.214 e. The number of benzene rings is 1. The lowest BCUT2D eigenvalue weighted by Crippen LogP contribution is -2.17. The summed E-state index contributed by atoms with van der Waals surface area (Å²) in [6.45, 7) is 1.77. The van der Waals surface area contributed by atoms with E-state index in [0.29, 0.717) is 0 Å². The Morgan fingerprint density at radius 3 is 2.93 bits per heavy atom. The molecule has 0 spiro atoms. The molecule has 15 heavy (non-hydrogen) atoms. The second-order valence-electron chi connectivity index (χ2n) is 3.59. The van der Waals surface area contributed by atoms with Crippen LogP contribution in [0.1, 0.15) is 18.4 Å². The Hall–Kier alpha value is -1.84. The van der Waals surface area contributed by atoms with Crippen LogP contribution in [0.15, 0.2) is 36.1 Å². The van der Waals surface area contributed by atoms with Crippen LogP contribution in [0, 0.1) is 10.1 Å². The fourth-order valence-corrected chi connectivity index (χ4v) is 1.75. The molecule has 1 aliphatic heterocycles. The van der Waals surface area contributed by atoms with Gasteiger partial charge in [0.05, 0.1) is 12.2 Å². The molecule has 0 N–H and O–H groups in total. The summed E-state index contributed by atoms with van der Waals surface area (Å²) in [7, 11) is 0. The second-order valence-corrected chi connectivity index (χ2v) is 3.59. The summed E-state index contributed by atoms with van der Waals surface area (Å²) in [5.41, 5.74) is 1.79. The lowest BCUT2D eigenvalue weighted by atomic mass is 9.91. The third-order valence-corrected chi connectivity index (χ3v) is 2.55. The van der Waals surface area contributed by atoms with Crippen LogP contribution in [0.3, 0.4) is 0 Å². The van der Waals surface area contributed by atoms with Gasteiger partial charge in [-0.25, -0.2) is 0 Å². The number of hydrogen-bond acceptors (Lipinski definition) is 3. The standard InChI is InChI=1S/C11H11NO3/c1-8-7-15-11-5-3-2-4-9(11)10(8)6-12(13)14/h2-5,7,10H,6H2,1H3/t10-/m1/s1.